The molecule has 2 amide bonds. The summed E-state index contributed by atoms with van der Waals surface area (Å²) in [4.78, 5) is 33.6. The van der Waals surface area contributed by atoms with Crippen molar-refractivity contribution in [1.29, 1.82) is 0 Å². The van der Waals surface area contributed by atoms with Crippen LogP contribution in [0.15, 0.2) is 35.4 Å². The second-order valence-corrected chi connectivity index (χ2v) is 8.43. The van der Waals surface area contributed by atoms with Crippen molar-refractivity contribution in [3.05, 3.63) is 36.3 Å². The molecule has 6 nitrogen and oxygen atoms in total. The summed E-state index contributed by atoms with van der Waals surface area (Å²) in [6.07, 6.45) is 3.87. The van der Waals surface area contributed by atoms with Crippen molar-refractivity contribution in [2.24, 2.45) is 0 Å². The van der Waals surface area contributed by atoms with Gasteiger partial charge in [-0.05, 0) is 43.5 Å². The summed E-state index contributed by atoms with van der Waals surface area (Å²) in [5.74, 6) is 0.0429. The van der Waals surface area contributed by atoms with Gasteiger partial charge in [-0.3, -0.25) is 14.7 Å². The number of fused-ring (bicyclic) bond motifs is 1. The summed E-state index contributed by atoms with van der Waals surface area (Å²) in [6.45, 7) is 3.79. The highest BCUT2D eigenvalue weighted by Gasteiger charge is 2.38. The van der Waals surface area contributed by atoms with Crippen LogP contribution >= 0.6 is 11.8 Å². The predicted molar refractivity (Wildman–Crippen MR) is 109 cm³/mol. The number of piperidine rings is 1. The molecule has 154 valence electrons. The average molecular weight is 418 g/mol. The van der Waals surface area contributed by atoms with Crippen LogP contribution < -0.4 is 0 Å². The van der Waals surface area contributed by atoms with Gasteiger partial charge in [0, 0.05) is 35.6 Å². The number of cyclic esters (lactones) is 1. The highest BCUT2D eigenvalue weighted by molar-refractivity contribution is 8.00. The minimum Gasteiger partial charge on any atom is -0.447 e. The maximum Gasteiger partial charge on any atom is 0.410 e. The first kappa shape index (κ1) is 19.9. The van der Waals surface area contributed by atoms with E-state index in [9.17, 15) is 14.0 Å². The van der Waals surface area contributed by atoms with Gasteiger partial charge in [0.15, 0.2) is 0 Å². The SMILES string of the molecule is CCC1COC(=O)N1C1CCN(C(=O)CSc2ccnc3ccc(F)cc23)CC1. The fourth-order valence-corrected chi connectivity index (χ4v) is 5.01. The quantitative estimate of drug-likeness (QED) is 0.695. The molecule has 1 atom stereocenters. The van der Waals surface area contributed by atoms with Crippen molar-refractivity contribution in [3.8, 4) is 0 Å². The molecule has 0 aliphatic carbocycles. The van der Waals surface area contributed by atoms with E-state index in [0.29, 0.717) is 31.0 Å². The zero-order valence-corrected chi connectivity index (χ0v) is 17.2. The zero-order chi connectivity index (χ0) is 20.4. The number of carbonyl (C=O) groups excluding carboxylic acids is 2. The second kappa shape index (κ2) is 8.57. The van der Waals surface area contributed by atoms with E-state index in [0.717, 1.165) is 29.5 Å². The normalized spacial score (nSPS) is 20.3. The number of carbonyl (C=O) groups is 2. The predicted octanol–water partition coefficient (Wildman–Crippen LogP) is 3.69. The Morgan fingerprint density at radius 3 is 2.86 bits per heavy atom. The molecule has 8 heteroatoms. The van der Waals surface area contributed by atoms with Crippen LogP contribution in [-0.4, -0.2) is 64.3 Å². The van der Waals surface area contributed by atoms with Crippen LogP contribution in [0, 0.1) is 5.82 Å². The molecule has 4 rings (SSSR count). The number of hydrogen-bond acceptors (Lipinski definition) is 5. The van der Waals surface area contributed by atoms with E-state index in [1.54, 1.807) is 12.3 Å². The third-order valence-corrected chi connectivity index (χ3v) is 6.76. The van der Waals surface area contributed by atoms with Crippen LogP contribution in [0.2, 0.25) is 0 Å². The number of hydrogen-bond donors (Lipinski definition) is 0. The van der Waals surface area contributed by atoms with Gasteiger partial charge < -0.3 is 9.64 Å². The molecule has 3 heterocycles. The highest BCUT2D eigenvalue weighted by Crippen LogP contribution is 2.29. The third kappa shape index (κ3) is 4.17. The summed E-state index contributed by atoms with van der Waals surface area (Å²) < 4.78 is 18.8. The van der Waals surface area contributed by atoms with Crippen LogP contribution in [0.3, 0.4) is 0 Å². The molecular formula is C21H24FN3O3S. The van der Waals surface area contributed by atoms with Gasteiger partial charge in [0.1, 0.15) is 12.4 Å². The topological polar surface area (TPSA) is 62.7 Å². The van der Waals surface area contributed by atoms with Gasteiger partial charge in [0.25, 0.3) is 0 Å². The molecule has 2 aliphatic rings. The summed E-state index contributed by atoms with van der Waals surface area (Å²) in [7, 11) is 0. The van der Waals surface area contributed by atoms with Gasteiger partial charge in [0.2, 0.25) is 5.91 Å². The number of aromatic nitrogens is 1. The lowest BCUT2D eigenvalue weighted by Crippen LogP contribution is -2.50. The smallest absolute Gasteiger partial charge is 0.410 e. The third-order valence-electron chi connectivity index (χ3n) is 5.70. The first-order valence-electron chi connectivity index (χ1n) is 9.96. The standard InChI is InChI=1S/C21H24FN3O3S/c1-2-15-12-28-21(27)25(15)16-6-9-24(10-7-16)20(26)13-29-19-5-8-23-18-4-3-14(22)11-17(18)19/h3-5,8,11,15-16H,2,6-7,9-10,12-13H2,1H3. The molecule has 0 radical (unpaired) electrons. The monoisotopic (exact) mass is 417 g/mol. The average Bonchev–Trinajstić information content (AvgIpc) is 3.12. The Kier molecular flexibility index (Phi) is 5.89. The van der Waals surface area contributed by atoms with Crippen LogP contribution in [0.25, 0.3) is 10.9 Å². The fourth-order valence-electron chi connectivity index (χ4n) is 4.08. The minimum absolute atomic E-state index is 0.0610. The number of nitrogens with zero attached hydrogens (tertiary/aromatic N) is 3. The number of amides is 2. The molecule has 0 N–H and O–H groups in total. The second-order valence-electron chi connectivity index (χ2n) is 7.42. The molecule has 1 aromatic carbocycles. The number of rotatable bonds is 5. The van der Waals surface area contributed by atoms with Gasteiger partial charge >= 0.3 is 6.09 Å². The molecule has 2 aliphatic heterocycles. The number of pyridine rings is 1. The number of likely N-dealkylation sites (tertiary alicyclic amines) is 1. The number of halogens is 1. The van der Waals surface area contributed by atoms with Crippen LogP contribution in [0.4, 0.5) is 9.18 Å². The Labute approximate surface area is 173 Å². The Balaban J connectivity index is 1.34. The Morgan fingerprint density at radius 2 is 2.10 bits per heavy atom. The number of thioether (sulfide) groups is 1. The molecule has 2 aromatic rings. The van der Waals surface area contributed by atoms with Crippen molar-refractivity contribution in [2.75, 3.05) is 25.4 Å². The van der Waals surface area contributed by atoms with E-state index >= 15 is 0 Å². The first-order valence-corrected chi connectivity index (χ1v) is 10.9. The summed E-state index contributed by atoms with van der Waals surface area (Å²) in [5, 5.41) is 0.724. The molecule has 1 unspecified atom stereocenters. The van der Waals surface area contributed by atoms with Gasteiger partial charge in [-0.2, -0.15) is 0 Å². The summed E-state index contributed by atoms with van der Waals surface area (Å²) in [5.41, 5.74) is 0.715. The van der Waals surface area contributed by atoms with Crippen LogP contribution in [0.5, 0.6) is 0 Å². The Bertz CT molecular complexity index is 917. The number of ether oxygens (including phenoxy) is 1. The van der Waals surface area contributed by atoms with Crippen LogP contribution in [-0.2, 0) is 9.53 Å². The van der Waals surface area contributed by atoms with Gasteiger partial charge in [-0.1, -0.05) is 6.92 Å². The summed E-state index contributed by atoms with van der Waals surface area (Å²) in [6, 6.07) is 6.59. The van der Waals surface area contributed by atoms with Gasteiger partial charge in [-0.25, -0.2) is 9.18 Å². The van der Waals surface area contributed by atoms with Crippen molar-refractivity contribution in [1.82, 2.24) is 14.8 Å². The van der Waals surface area contributed by atoms with E-state index in [1.807, 2.05) is 15.9 Å². The van der Waals surface area contributed by atoms with Crippen molar-refractivity contribution < 1.29 is 18.7 Å². The van der Waals surface area contributed by atoms with Gasteiger partial charge in [0.05, 0.1) is 17.3 Å². The minimum atomic E-state index is -0.313. The Hall–Kier alpha value is -2.35. The molecule has 0 spiro atoms. The largest absolute Gasteiger partial charge is 0.447 e. The lowest BCUT2D eigenvalue weighted by atomic mass is 10.0. The maximum absolute atomic E-state index is 13.6. The molecule has 1 aromatic heterocycles. The van der Waals surface area contributed by atoms with Gasteiger partial charge in [-0.15, -0.1) is 11.8 Å². The lowest BCUT2D eigenvalue weighted by molar-refractivity contribution is -0.129. The Morgan fingerprint density at radius 1 is 1.31 bits per heavy atom. The van der Waals surface area contributed by atoms with E-state index < -0.39 is 0 Å². The van der Waals surface area contributed by atoms with E-state index in [4.69, 9.17) is 4.74 Å². The fraction of sp³-hybridized carbons (Fsp3) is 0.476. The van der Waals surface area contributed by atoms with Crippen LogP contribution in [0.1, 0.15) is 26.2 Å². The molecule has 0 saturated carbocycles. The van der Waals surface area contributed by atoms with Crippen molar-refractivity contribution in [2.45, 2.75) is 43.2 Å². The molecule has 2 fully saturated rings. The van der Waals surface area contributed by atoms with Crippen molar-refractivity contribution in [3.63, 3.8) is 0 Å². The highest BCUT2D eigenvalue weighted by atomic mass is 32.2. The molecule has 2 saturated heterocycles. The molecular weight excluding hydrogens is 393 g/mol. The van der Waals surface area contributed by atoms with Crippen molar-refractivity contribution >= 4 is 34.7 Å². The zero-order valence-electron chi connectivity index (χ0n) is 16.3. The first-order chi connectivity index (χ1) is 14.1. The summed E-state index contributed by atoms with van der Waals surface area (Å²) >= 11 is 1.41. The van der Waals surface area contributed by atoms with E-state index in [1.165, 1.54) is 23.9 Å². The van der Waals surface area contributed by atoms with E-state index in [-0.39, 0.29) is 29.9 Å². The number of benzene rings is 1. The maximum atomic E-state index is 13.6. The lowest BCUT2D eigenvalue weighted by Gasteiger charge is -2.37. The van der Waals surface area contributed by atoms with E-state index in [2.05, 4.69) is 11.9 Å². The molecule has 0 bridgehead atoms. The molecule has 29 heavy (non-hydrogen) atoms.